The number of benzene rings is 6. The lowest BCUT2D eigenvalue weighted by Gasteiger charge is -2.38. The van der Waals surface area contributed by atoms with Gasteiger partial charge in [0.2, 0.25) is 0 Å². The molecule has 0 amide bonds. The standard InChI is InChI=1S/C50H42N2/c1-36-33-48-46(35-47(36)50(2)31-29-40(30-32-50)39-25-23-38(24-26-39)37-15-7-3-8-16-37)45-28-27-44(34-49(45)52(48)43-21-13-6-14-22-43)51(41-17-9-4-10-18-41)42-19-11-5-12-20-42/h3-31,33-36,47H,32H2,1-2H3. The third kappa shape index (κ3) is 5.71. The third-order valence-corrected chi connectivity index (χ3v) is 11.2. The molecule has 0 saturated carbocycles. The number of anilines is 3. The van der Waals surface area contributed by atoms with Crippen molar-refractivity contribution >= 4 is 45.7 Å². The van der Waals surface area contributed by atoms with Crippen LogP contribution < -0.4 is 15.5 Å². The van der Waals surface area contributed by atoms with E-state index in [1.807, 2.05) is 0 Å². The van der Waals surface area contributed by atoms with Crippen molar-refractivity contribution in [2.75, 3.05) is 4.90 Å². The second-order valence-electron chi connectivity index (χ2n) is 14.5. The molecule has 2 heteroatoms. The highest BCUT2D eigenvalue weighted by atomic mass is 15.1. The minimum absolute atomic E-state index is 0.000382. The third-order valence-electron chi connectivity index (χ3n) is 11.2. The van der Waals surface area contributed by atoms with Crippen LogP contribution in [0.1, 0.15) is 25.8 Å². The molecule has 7 aromatic rings. The normalized spacial score (nSPS) is 19.3. The van der Waals surface area contributed by atoms with Crippen LogP contribution in [0.15, 0.2) is 182 Å². The van der Waals surface area contributed by atoms with E-state index in [9.17, 15) is 0 Å². The predicted octanol–water partition coefficient (Wildman–Crippen LogP) is 11.6. The Kier molecular flexibility index (Phi) is 8.09. The van der Waals surface area contributed by atoms with Crippen molar-refractivity contribution in [1.82, 2.24) is 4.57 Å². The summed E-state index contributed by atoms with van der Waals surface area (Å²) in [5.74, 6) is 0.716. The van der Waals surface area contributed by atoms with Crippen molar-refractivity contribution in [2.24, 2.45) is 17.3 Å². The number of fused-ring (bicyclic) bond motifs is 3. The molecular formula is C50H42N2. The Bertz CT molecular complexity index is 2510. The van der Waals surface area contributed by atoms with Gasteiger partial charge in [-0.3, -0.25) is 0 Å². The molecule has 2 aliphatic carbocycles. The van der Waals surface area contributed by atoms with E-state index in [0.29, 0.717) is 11.8 Å². The van der Waals surface area contributed by atoms with E-state index in [4.69, 9.17) is 0 Å². The zero-order valence-corrected chi connectivity index (χ0v) is 29.7. The number of nitrogens with zero attached hydrogens (tertiary/aromatic N) is 2. The maximum Gasteiger partial charge on any atom is 0.0561 e. The van der Waals surface area contributed by atoms with Gasteiger partial charge in [0.05, 0.1) is 10.9 Å². The largest absolute Gasteiger partial charge is 0.310 e. The Morgan fingerprint density at radius 2 is 1.17 bits per heavy atom. The molecule has 0 aliphatic heterocycles. The van der Waals surface area contributed by atoms with Crippen molar-refractivity contribution in [3.05, 3.63) is 198 Å². The number of para-hydroxylation sites is 3. The maximum absolute atomic E-state index is 2.59. The summed E-state index contributed by atoms with van der Waals surface area (Å²) in [5, 5.41) is 3.90. The molecule has 2 aliphatic rings. The van der Waals surface area contributed by atoms with Gasteiger partial charge < -0.3 is 9.47 Å². The van der Waals surface area contributed by atoms with E-state index in [0.717, 1.165) is 23.5 Å². The monoisotopic (exact) mass is 670 g/mol. The van der Waals surface area contributed by atoms with Gasteiger partial charge in [0.25, 0.3) is 0 Å². The minimum atomic E-state index is -0.000382. The van der Waals surface area contributed by atoms with Crippen molar-refractivity contribution in [2.45, 2.75) is 20.3 Å². The number of rotatable bonds is 7. The molecule has 2 nitrogen and oxygen atoms in total. The molecule has 0 radical (unpaired) electrons. The molecule has 1 heterocycles. The van der Waals surface area contributed by atoms with E-state index in [-0.39, 0.29) is 5.41 Å². The quantitative estimate of drug-likeness (QED) is 0.164. The average Bonchev–Trinajstić information content (AvgIpc) is 3.52. The first-order valence-electron chi connectivity index (χ1n) is 18.4. The lowest BCUT2D eigenvalue weighted by molar-refractivity contribution is 0.283. The molecule has 1 aromatic heterocycles. The van der Waals surface area contributed by atoms with Crippen LogP contribution >= 0.6 is 0 Å². The fraction of sp³-hybridized carbons (Fsp3) is 0.120. The van der Waals surface area contributed by atoms with Gasteiger partial charge in [-0.15, -0.1) is 0 Å². The summed E-state index contributed by atoms with van der Waals surface area (Å²) >= 11 is 0. The summed E-state index contributed by atoms with van der Waals surface area (Å²) in [4.78, 5) is 2.35. The molecule has 3 atom stereocenters. The van der Waals surface area contributed by atoms with Crippen molar-refractivity contribution in [3.63, 3.8) is 0 Å². The van der Waals surface area contributed by atoms with Crippen molar-refractivity contribution in [3.8, 4) is 16.8 Å². The zero-order chi connectivity index (χ0) is 35.1. The molecule has 0 saturated heterocycles. The van der Waals surface area contributed by atoms with Gasteiger partial charge in [0, 0.05) is 33.4 Å². The highest BCUT2D eigenvalue weighted by molar-refractivity contribution is 5.90. The first kappa shape index (κ1) is 31.8. The Morgan fingerprint density at radius 3 is 1.79 bits per heavy atom. The molecule has 0 spiro atoms. The highest BCUT2D eigenvalue weighted by Gasteiger charge is 2.36. The van der Waals surface area contributed by atoms with E-state index in [1.54, 1.807) is 0 Å². The Balaban J connectivity index is 1.12. The summed E-state index contributed by atoms with van der Waals surface area (Å²) < 4.78 is 2.47. The molecule has 3 unspecified atom stereocenters. The number of hydrogen-bond acceptors (Lipinski definition) is 1. The van der Waals surface area contributed by atoms with Gasteiger partial charge in [0.1, 0.15) is 0 Å². The van der Waals surface area contributed by atoms with Crippen LogP contribution in [-0.2, 0) is 0 Å². The summed E-state index contributed by atoms with van der Waals surface area (Å²) in [5.41, 5.74) is 10.9. The number of allylic oxidation sites excluding steroid dienone is 4. The Morgan fingerprint density at radius 1 is 0.596 bits per heavy atom. The van der Waals surface area contributed by atoms with Crippen molar-refractivity contribution in [1.29, 1.82) is 0 Å². The van der Waals surface area contributed by atoms with Gasteiger partial charge in [0.15, 0.2) is 0 Å². The van der Waals surface area contributed by atoms with Crippen LogP contribution in [0.4, 0.5) is 17.1 Å². The SMILES string of the molecule is CC1C=c2c(c3ccc(N(c4ccccc4)c4ccccc4)cc3n2-c2ccccc2)=CC1C1(C)C=CC(c2ccc(-c3ccccc3)cc2)=CC1. The summed E-state index contributed by atoms with van der Waals surface area (Å²) in [7, 11) is 0. The van der Waals surface area contributed by atoms with E-state index >= 15 is 0 Å². The molecule has 6 aromatic carbocycles. The van der Waals surface area contributed by atoms with Gasteiger partial charge in [-0.1, -0.05) is 159 Å². The van der Waals surface area contributed by atoms with Gasteiger partial charge >= 0.3 is 0 Å². The predicted molar refractivity (Wildman–Crippen MR) is 221 cm³/mol. The summed E-state index contributed by atoms with van der Waals surface area (Å²) in [6.07, 6.45) is 13.4. The van der Waals surface area contributed by atoms with Crippen LogP contribution in [0.3, 0.4) is 0 Å². The molecule has 0 N–H and O–H groups in total. The minimum Gasteiger partial charge on any atom is -0.310 e. The van der Waals surface area contributed by atoms with Crippen LogP contribution in [0.25, 0.3) is 45.4 Å². The molecule has 52 heavy (non-hydrogen) atoms. The summed E-state index contributed by atoms with van der Waals surface area (Å²) in [6.45, 7) is 4.84. The first-order valence-corrected chi connectivity index (χ1v) is 18.4. The van der Waals surface area contributed by atoms with Gasteiger partial charge in [-0.05, 0) is 94.5 Å². The fourth-order valence-corrected chi connectivity index (χ4v) is 8.42. The van der Waals surface area contributed by atoms with E-state index in [2.05, 4.69) is 217 Å². The lowest BCUT2D eigenvalue weighted by Crippen LogP contribution is -2.40. The van der Waals surface area contributed by atoms with Crippen LogP contribution in [0.5, 0.6) is 0 Å². The van der Waals surface area contributed by atoms with Crippen LogP contribution in [0.2, 0.25) is 0 Å². The first-order chi connectivity index (χ1) is 25.6. The molecule has 0 fully saturated rings. The Labute approximate surface area is 306 Å². The zero-order valence-electron chi connectivity index (χ0n) is 29.7. The number of aromatic nitrogens is 1. The van der Waals surface area contributed by atoms with Gasteiger partial charge in [-0.25, -0.2) is 0 Å². The fourth-order valence-electron chi connectivity index (χ4n) is 8.42. The molecular weight excluding hydrogens is 629 g/mol. The summed E-state index contributed by atoms with van der Waals surface area (Å²) in [6, 6.07) is 58.8. The molecule has 0 bridgehead atoms. The highest BCUT2D eigenvalue weighted by Crippen LogP contribution is 2.45. The van der Waals surface area contributed by atoms with Crippen LogP contribution in [-0.4, -0.2) is 4.57 Å². The topological polar surface area (TPSA) is 8.17 Å². The van der Waals surface area contributed by atoms with Crippen LogP contribution in [0, 0.1) is 17.3 Å². The van der Waals surface area contributed by atoms with Gasteiger partial charge in [-0.2, -0.15) is 0 Å². The lowest BCUT2D eigenvalue weighted by atomic mass is 9.65. The molecule has 252 valence electrons. The number of hydrogen-bond donors (Lipinski definition) is 0. The second-order valence-corrected chi connectivity index (χ2v) is 14.5. The maximum atomic E-state index is 2.59. The smallest absolute Gasteiger partial charge is 0.0561 e. The second kappa shape index (κ2) is 13.2. The van der Waals surface area contributed by atoms with E-state index < -0.39 is 0 Å². The molecule has 9 rings (SSSR count). The Hall–Kier alpha value is -6.12. The average molecular weight is 671 g/mol. The van der Waals surface area contributed by atoms with Crippen molar-refractivity contribution < 1.29 is 0 Å². The van der Waals surface area contributed by atoms with E-state index in [1.165, 1.54) is 49.4 Å².